The molecule has 0 bridgehead atoms. The van der Waals surface area contributed by atoms with E-state index < -0.39 is 11.9 Å². The second-order valence-corrected chi connectivity index (χ2v) is 5.67. The number of fused-ring (bicyclic) bond motifs is 2. The van der Waals surface area contributed by atoms with Gasteiger partial charge in [-0.1, -0.05) is 72.8 Å². The minimum absolute atomic E-state index is 0. The molecule has 0 heterocycles. The summed E-state index contributed by atoms with van der Waals surface area (Å²) in [5, 5.41) is 25.9. The summed E-state index contributed by atoms with van der Waals surface area (Å²) in [6, 6.07) is 26.6. The molecule has 0 unspecified atom stereocenters. The van der Waals surface area contributed by atoms with Crippen LogP contribution in [0.4, 0.5) is 0 Å². The van der Waals surface area contributed by atoms with Crippen LogP contribution in [0.3, 0.4) is 0 Å². The van der Waals surface area contributed by atoms with Crippen LogP contribution in [0.1, 0.15) is 20.7 Å². The molecule has 27 heavy (non-hydrogen) atoms. The fourth-order valence-corrected chi connectivity index (χ4v) is 2.72. The van der Waals surface area contributed by atoms with Crippen LogP contribution in [0.15, 0.2) is 84.9 Å². The summed E-state index contributed by atoms with van der Waals surface area (Å²) in [6.07, 6.45) is 0. The Morgan fingerprint density at radius 2 is 0.778 bits per heavy atom. The van der Waals surface area contributed by atoms with Gasteiger partial charge in [0.05, 0.1) is 11.9 Å². The zero-order chi connectivity index (χ0) is 18.5. The average molecular weight is 455 g/mol. The molecule has 0 aliphatic carbocycles. The maximum Gasteiger partial charge on any atom is 2.00 e. The van der Waals surface area contributed by atoms with Crippen LogP contribution < -0.4 is 10.2 Å². The average Bonchev–Trinajstić information content (AvgIpc) is 2.66. The van der Waals surface area contributed by atoms with Gasteiger partial charge in [0, 0.05) is 11.1 Å². The molecule has 4 nitrogen and oxygen atoms in total. The van der Waals surface area contributed by atoms with E-state index in [0.29, 0.717) is 0 Å². The van der Waals surface area contributed by atoms with Gasteiger partial charge in [-0.15, -0.1) is 0 Å². The van der Waals surface area contributed by atoms with Crippen LogP contribution in [0.25, 0.3) is 21.5 Å². The van der Waals surface area contributed by atoms with E-state index in [4.69, 9.17) is 0 Å². The van der Waals surface area contributed by atoms with Crippen molar-refractivity contribution in [3.8, 4) is 0 Å². The fourth-order valence-electron chi connectivity index (χ4n) is 2.72. The maximum atomic E-state index is 10.3. The summed E-state index contributed by atoms with van der Waals surface area (Å²) in [7, 11) is 0. The molecule has 0 aliphatic heterocycles. The van der Waals surface area contributed by atoms with E-state index in [9.17, 15) is 19.8 Å². The Labute approximate surface area is 176 Å². The fraction of sp³-hybridized carbons (Fsp3) is 0. The summed E-state index contributed by atoms with van der Waals surface area (Å²) in [6.45, 7) is 0. The Kier molecular flexibility index (Phi) is 7.06. The van der Waals surface area contributed by atoms with Gasteiger partial charge in [-0.2, -0.15) is 0 Å². The van der Waals surface area contributed by atoms with Gasteiger partial charge in [0.2, 0.25) is 0 Å². The number of hydrogen-bond acceptors (Lipinski definition) is 4. The molecule has 0 aliphatic rings. The SMILES string of the molecule is O=C([O-])c1ccccc1C(=O)[O-].[Cd+2].c1ccc2cc3ccccc3cc2c1. The van der Waals surface area contributed by atoms with Gasteiger partial charge >= 0.3 is 27.3 Å². The van der Waals surface area contributed by atoms with E-state index in [0.717, 1.165) is 12.1 Å². The monoisotopic (exact) mass is 456 g/mol. The molecular formula is C22H14CdO4. The smallest absolute Gasteiger partial charge is 0.545 e. The molecule has 0 amide bonds. The number of benzene rings is 4. The predicted molar refractivity (Wildman–Crippen MR) is 96.6 cm³/mol. The van der Waals surface area contributed by atoms with Gasteiger partial charge in [0.25, 0.3) is 0 Å². The molecule has 0 spiro atoms. The van der Waals surface area contributed by atoms with Crippen molar-refractivity contribution < 1.29 is 47.1 Å². The molecule has 0 saturated heterocycles. The van der Waals surface area contributed by atoms with Crippen molar-refractivity contribution in [2.75, 3.05) is 0 Å². The summed E-state index contributed by atoms with van der Waals surface area (Å²) < 4.78 is 0. The van der Waals surface area contributed by atoms with Gasteiger partial charge < -0.3 is 19.8 Å². The molecule has 4 rings (SSSR count). The maximum absolute atomic E-state index is 10.3. The molecule has 4 aromatic carbocycles. The summed E-state index contributed by atoms with van der Waals surface area (Å²) >= 11 is 0. The minimum atomic E-state index is -1.52. The first kappa shape index (κ1) is 20.6. The molecule has 0 radical (unpaired) electrons. The standard InChI is InChI=1S/C14H10.C8H6O4.Cd/c1-2-6-12-10-14-8-4-3-7-13(14)9-11(12)5-1;9-7(10)5-3-1-2-4-6(5)8(11)12;/h1-10H;1-4H,(H,9,10)(H,11,12);/q;;+2/p-2. The number of carbonyl (C=O) groups excluding carboxylic acids is 2. The Morgan fingerprint density at radius 3 is 1.04 bits per heavy atom. The Morgan fingerprint density at radius 1 is 0.519 bits per heavy atom. The van der Waals surface area contributed by atoms with Gasteiger partial charge in [0.15, 0.2) is 0 Å². The van der Waals surface area contributed by atoms with Gasteiger partial charge in [-0.3, -0.25) is 0 Å². The normalized spacial score (nSPS) is 9.78. The third-order valence-corrected chi connectivity index (χ3v) is 3.98. The Bertz CT molecular complexity index is 967. The van der Waals surface area contributed by atoms with Crippen LogP contribution in [0, 0.1) is 0 Å². The third-order valence-electron chi connectivity index (χ3n) is 3.98. The number of carboxylic acids is 2. The van der Waals surface area contributed by atoms with E-state index in [1.54, 1.807) is 0 Å². The van der Waals surface area contributed by atoms with E-state index in [1.807, 2.05) is 0 Å². The number of carbonyl (C=O) groups is 2. The molecule has 0 aromatic heterocycles. The first-order valence-corrected chi connectivity index (χ1v) is 7.95. The topological polar surface area (TPSA) is 80.3 Å². The van der Waals surface area contributed by atoms with Crippen LogP contribution in [-0.4, -0.2) is 11.9 Å². The number of aromatic carboxylic acids is 2. The molecule has 0 fully saturated rings. The zero-order valence-corrected chi connectivity index (χ0v) is 18.5. The third kappa shape index (κ3) is 4.91. The molecular weight excluding hydrogens is 441 g/mol. The van der Waals surface area contributed by atoms with Crippen LogP contribution >= 0.6 is 0 Å². The first-order valence-electron chi connectivity index (χ1n) is 7.95. The molecule has 128 valence electrons. The summed E-state index contributed by atoms with van der Waals surface area (Å²) in [4.78, 5) is 20.6. The first-order chi connectivity index (χ1) is 12.6. The quantitative estimate of drug-likeness (QED) is 0.344. The zero-order valence-electron chi connectivity index (χ0n) is 14.4. The predicted octanol–water partition coefficient (Wildman–Crippen LogP) is 2.40. The van der Waals surface area contributed by atoms with E-state index in [-0.39, 0.29) is 38.4 Å². The van der Waals surface area contributed by atoms with Crippen molar-refractivity contribution in [3.05, 3.63) is 96.1 Å². The van der Waals surface area contributed by atoms with E-state index in [1.165, 1.54) is 33.7 Å². The van der Waals surface area contributed by atoms with E-state index in [2.05, 4.69) is 60.7 Å². The molecule has 0 saturated carbocycles. The van der Waals surface area contributed by atoms with Gasteiger partial charge in [0.1, 0.15) is 0 Å². The van der Waals surface area contributed by atoms with Crippen molar-refractivity contribution in [3.63, 3.8) is 0 Å². The van der Waals surface area contributed by atoms with Crippen LogP contribution in [0.2, 0.25) is 0 Å². The number of rotatable bonds is 2. The largest absolute Gasteiger partial charge is 2.00 e. The molecule has 4 aromatic rings. The Hall–Kier alpha value is -2.74. The second kappa shape index (κ2) is 9.27. The van der Waals surface area contributed by atoms with Crippen molar-refractivity contribution >= 4 is 33.5 Å². The number of hydrogen-bond donors (Lipinski definition) is 0. The van der Waals surface area contributed by atoms with Crippen molar-refractivity contribution in [2.45, 2.75) is 0 Å². The Balaban J connectivity index is 0.000000190. The second-order valence-electron chi connectivity index (χ2n) is 5.67. The van der Waals surface area contributed by atoms with Gasteiger partial charge in [-0.25, -0.2) is 0 Å². The minimum Gasteiger partial charge on any atom is -0.545 e. The molecule has 0 N–H and O–H groups in total. The molecule has 0 atom stereocenters. The van der Waals surface area contributed by atoms with Crippen LogP contribution in [-0.2, 0) is 27.3 Å². The van der Waals surface area contributed by atoms with Gasteiger partial charge in [-0.05, 0) is 33.7 Å². The van der Waals surface area contributed by atoms with E-state index >= 15 is 0 Å². The van der Waals surface area contributed by atoms with Crippen molar-refractivity contribution in [1.82, 2.24) is 0 Å². The molecule has 5 heteroatoms. The summed E-state index contributed by atoms with van der Waals surface area (Å²) in [5.74, 6) is -3.04. The van der Waals surface area contributed by atoms with Crippen molar-refractivity contribution in [1.29, 1.82) is 0 Å². The van der Waals surface area contributed by atoms with Crippen molar-refractivity contribution in [2.24, 2.45) is 0 Å². The summed E-state index contributed by atoms with van der Waals surface area (Å²) in [5.41, 5.74) is -0.727. The number of carboxylic acid groups (broad SMARTS) is 2. The van der Waals surface area contributed by atoms with Crippen LogP contribution in [0.5, 0.6) is 0 Å².